The van der Waals surface area contributed by atoms with Crippen molar-refractivity contribution in [2.24, 2.45) is 5.41 Å². The molecule has 2 fully saturated rings. The van der Waals surface area contributed by atoms with E-state index in [1.165, 1.54) is 16.9 Å². The van der Waals surface area contributed by atoms with Crippen LogP contribution in [0.25, 0.3) is 0 Å². The van der Waals surface area contributed by atoms with Gasteiger partial charge in [-0.25, -0.2) is 13.4 Å². The molecule has 0 amide bonds. The molecule has 2 heterocycles. The first-order valence-electron chi connectivity index (χ1n) is 8.95. The Morgan fingerprint density at radius 1 is 1.24 bits per heavy atom. The summed E-state index contributed by atoms with van der Waals surface area (Å²) in [5.41, 5.74) is 0.168. The molecule has 0 aromatic carbocycles. The molecule has 0 bridgehead atoms. The van der Waals surface area contributed by atoms with Crippen molar-refractivity contribution < 1.29 is 13.5 Å². The minimum absolute atomic E-state index is 0.168. The van der Waals surface area contributed by atoms with E-state index in [2.05, 4.69) is 15.2 Å². The Hall–Kier alpha value is -1.22. The number of rotatable bonds is 7. The number of aliphatic hydroxyl groups excluding tert-OH is 1. The SMILES string of the molecule is CN1CCN(S(=O)(=O)c2ccc(NCC3(CCO)CCC3)nc2)CC1. The van der Waals surface area contributed by atoms with Crippen LogP contribution in [0, 0.1) is 5.41 Å². The maximum Gasteiger partial charge on any atom is 0.244 e. The van der Waals surface area contributed by atoms with Crippen LogP contribution in [0.15, 0.2) is 23.2 Å². The molecular formula is C17H28N4O3S. The molecule has 1 aliphatic heterocycles. The summed E-state index contributed by atoms with van der Waals surface area (Å²) in [5, 5.41) is 12.5. The molecule has 0 atom stereocenters. The van der Waals surface area contributed by atoms with Gasteiger partial charge in [0, 0.05) is 45.5 Å². The van der Waals surface area contributed by atoms with E-state index in [9.17, 15) is 13.5 Å². The molecule has 3 rings (SSSR count). The highest BCUT2D eigenvalue weighted by atomic mass is 32.2. The Bertz CT molecular complexity index is 666. The van der Waals surface area contributed by atoms with Crippen LogP contribution in [0.3, 0.4) is 0 Å². The molecule has 2 N–H and O–H groups in total. The van der Waals surface area contributed by atoms with E-state index in [-0.39, 0.29) is 16.9 Å². The Morgan fingerprint density at radius 2 is 1.96 bits per heavy atom. The first-order valence-corrected chi connectivity index (χ1v) is 10.4. The van der Waals surface area contributed by atoms with Crippen LogP contribution in [0.2, 0.25) is 0 Å². The van der Waals surface area contributed by atoms with E-state index in [0.717, 1.165) is 38.9 Å². The maximum atomic E-state index is 12.7. The van der Waals surface area contributed by atoms with E-state index in [1.54, 1.807) is 12.1 Å². The number of anilines is 1. The van der Waals surface area contributed by atoms with E-state index < -0.39 is 10.0 Å². The fraction of sp³-hybridized carbons (Fsp3) is 0.706. The second kappa shape index (κ2) is 7.57. The van der Waals surface area contributed by atoms with Crippen molar-refractivity contribution in [2.75, 3.05) is 51.7 Å². The van der Waals surface area contributed by atoms with Crippen LogP contribution in [0.4, 0.5) is 5.82 Å². The Morgan fingerprint density at radius 3 is 2.48 bits per heavy atom. The minimum Gasteiger partial charge on any atom is -0.396 e. The fourth-order valence-corrected chi connectivity index (χ4v) is 4.89. The molecule has 1 saturated heterocycles. The lowest BCUT2D eigenvalue weighted by molar-refractivity contribution is 0.102. The number of nitrogens with one attached hydrogen (secondary N) is 1. The number of likely N-dealkylation sites (N-methyl/N-ethyl adjacent to an activating group) is 1. The van der Waals surface area contributed by atoms with Gasteiger partial charge in [-0.1, -0.05) is 6.42 Å². The van der Waals surface area contributed by atoms with Crippen molar-refractivity contribution in [3.8, 4) is 0 Å². The lowest BCUT2D eigenvalue weighted by atomic mass is 9.67. The first kappa shape index (κ1) is 18.6. The molecule has 7 nitrogen and oxygen atoms in total. The summed E-state index contributed by atoms with van der Waals surface area (Å²) in [6.45, 7) is 3.51. The minimum atomic E-state index is -3.46. The van der Waals surface area contributed by atoms with Crippen molar-refractivity contribution in [3.05, 3.63) is 18.3 Å². The molecule has 0 unspecified atom stereocenters. The quantitative estimate of drug-likeness (QED) is 0.746. The highest BCUT2D eigenvalue weighted by Crippen LogP contribution is 2.43. The molecule has 140 valence electrons. The van der Waals surface area contributed by atoms with Gasteiger partial charge in [0.1, 0.15) is 10.7 Å². The third kappa shape index (κ3) is 4.13. The van der Waals surface area contributed by atoms with Gasteiger partial charge in [-0.15, -0.1) is 0 Å². The summed E-state index contributed by atoms with van der Waals surface area (Å²) in [6, 6.07) is 3.36. The topological polar surface area (TPSA) is 85.8 Å². The van der Waals surface area contributed by atoms with Gasteiger partial charge < -0.3 is 15.3 Å². The summed E-state index contributed by atoms with van der Waals surface area (Å²) in [5.74, 6) is 0.682. The first-order chi connectivity index (χ1) is 12.0. The normalized spacial score (nSPS) is 21.7. The molecule has 1 aromatic heterocycles. The molecule has 1 aliphatic carbocycles. The Labute approximate surface area is 150 Å². The smallest absolute Gasteiger partial charge is 0.244 e. The average molecular weight is 369 g/mol. The van der Waals surface area contributed by atoms with Crippen molar-refractivity contribution in [2.45, 2.75) is 30.6 Å². The van der Waals surface area contributed by atoms with E-state index in [1.807, 2.05) is 7.05 Å². The standard InChI is InChI=1S/C17H28N4O3S/c1-20-8-10-21(11-9-20)25(23,24)15-3-4-16(18-13-15)19-14-17(7-12-22)5-2-6-17/h3-4,13,22H,2,5-12,14H2,1H3,(H,18,19). The zero-order chi connectivity index (χ0) is 17.9. The summed E-state index contributed by atoms with van der Waals surface area (Å²) in [7, 11) is -1.47. The summed E-state index contributed by atoms with van der Waals surface area (Å²) in [4.78, 5) is 6.66. The van der Waals surface area contributed by atoms with Gasteiger partial charge in [0.25, 0.3) is 0 Å². The number of piperazine rings is 1. The maximum absolute atomic E-state index is 12.7. The van der Waals surface area contributed by atoms with Crippen LogP contribution in [0.5, 0.6) is 0 Å². The lowest BCUT2D eigenvalue weighted by Gasteiger charge is -2.42. The third-order valence-corrected chi connectivity index (χ3v) is 7.42. The van der Waals surface area contributed by atoms with Crippen molar-refractivity contribution in [3.63, 3.8) is 0 Å². The molecule has 1 aromatic rings. The second-order valence-electron chi connectivity index (χ2n) is 7.27. The highest BCUT2D eigenvalue weighted by molar-refractivity contribution is 7.89. The molecule has 8 heteroatoms. The van der Waals surface area contributed by atoms with Gasteiger partial charge in [-0.05, 0) is 43.9 Å². The van der Waals surface area contributed by atoms with Crippen LogP contribution in [-0.4, -0.2) is 74.1 Å². The van der Waals surface area contributed by atoms with Crippen molar-refractivity contribution in [1.82, 2.24) is 14.2 Å². The zero-order valence-electron chi connectivity index (χ0n) is 14.8. The third-order valence-electron chi connectivity index (χ3n) is 5.54. The summed E-state index contributed by atoms with van der Waals surface area (Å²) < 4.78 is 26.9. The molecule has 0 radical (unpaired) electrons. The molecule has 1 saturated carbocycles. The largest absolute Gasteiger partial charge is 0.396 e. The Balaban J connectivity index is 1.61. The van der Waals surface area contributed by atoms with Gasteiger partial charge in [0.2, 0.25) is 10.0 Å². The second-order valence-corrected chi connectivity index (χ2v) is 9.21. The predicted octanol–water partition coefficient (Wildman–Crippen LogP) is 0.982. The number of hydrogen-bond donors (Lipinski definition) is 2. The number of sulfonamides is 1. The highest BCUT2D eigenvalue weighted by Gasteiger charge is 2.36. The van der Waals surface area contributed by atoms with Gasteiger partial charge in [-0.3, -0.25) is 0 Å². The van der Waals surface area contributed by atoms with Gasteiger partial charge in [-0.2, -0.15) is 4.31 Å². The fourth-order valence-electron chi connectivity index (χ4n) is 3.52. The van der Waals surface area contributed by atoms with Crippen molar-refractivity contribution in [1.29, 1.82) is 0 Å². The van der Waals surface area contributed by atoms with Crippen molar-refractivity contribution >= 4 is 15.8 Å². The van der Waals surface area contributed by atoms with E-state index >= 15 is 0 Å². The number of nitrogens with zero attached hydrogens (tertiary/aromatic N) is 3. The zero-order valence-corrected chi connectivity index (χ0v) is 15.6. The monoisotopic (exact) mass is 368 g/mol. The molecule has 25 heavy (non-hydrogen) atoms. The lowest BCUT2D eigenvalue weighted by Crippen LogP contribution is -2.47. The Kier molecular flexibility index (Phi) is 5.62. The number of aliphatic hydroxyl groups is 1. The van der Waals surface area contributed by atoms with Gasteiger partial charge in [0.15, 0.2) is 0 Å². The van der Waals surface area contributed by atoms with E-state index in [0.29, 0.717) is 18.9 Å². The average Bonchev–Trinajstić information content (AvgIpc) is 2.58. The predicted molar refractivity (Wildman–Crippen MR) is 97.0 cm³/mol. The van der Waals surface area contributed by atoms with Gasteiger partial charge in [0.05, 0.1) is 0 Å². The van der Waals surface area contributed by atoms with E-state index in [4.69, 9.17) is 0 Å². The summed E-state index contributed by atoms with van der Waals surface area (Å²) in [6.07, 6.45) is 5.69. The molecule has 2 aliphatic rings. The molecule has 0 spiro atoms. The number of hydrogen-bond acceptors (Lipinski definition) is 6. The van der Waals surface area contributed by atoms with Crippen LogP contribution < -0.4 is 5.32 Å². The van der Waals surface area contributed by atoms with Gasteiger partial charge >= 0.3 is 0 Å². The van der Waals surface area contributed by atoms with Crippen LogP contribution >= 0.6 is 0 Å². The number of aromatic nitrogens is 1. The summed E-state index contributed by atoms with van der Waals surface area (Å²) >= 11 is 0. The van der Waals surface area contributed by atoms with Crippen LogP contribution in [0.1, 0.15) is 25.7 Å². The molecular weight excluding hydrogens is 340 g/mol. The van der Waals surface area contributed by atoms with Crippen LogP contribution in [-0.2, 0) is 10.0 Å². The number of pyridine rings is 1.